The molecule has 54 heavy (non-hydrogen) atoms. The van der Waals surface area contributed by atoms with Crippen molar-refractivity contribution in [2.24, 2.45) is 0 Å². The summed E-state index contributed by atoms with van der Waals surface area (Å²) >= 11 is 0. The van der Waals surface area contributed by atoms with E-state index in [1.807, 2.05) is 78.9 Å². The maximum Gasteiger partial charge on any atom is 0.178 e. The van der Waals surface area contributed by atoms with E-state index in [0.29, 0.717) is 34.7 Å². The molecule has 6 heteroatoms. The first-order valence-corrected chi connectivity index (χ1v) is 18.1. The van der Waals surface area contributed by atoms with E-state index in [2.05, 4.69) is 86.6 Å². The van der Waals surface area contributed by atoms with Crippen LogP contribution >= 0.6 is 0 Å². The van der Waals surface area contributed by atoms with Crippen molar-refractivity contribution >= 4 is 21.9 Å². The van der Waals surface area contributed by atoms with Gasteiger partial charge >= 0.3 is 0 Å². The van der Waals surface area contributed by atoms with E-state index in [1.54, 1.807) is 0 Å². The lowest BCUT2D eigenvalue weighted by Gasteiger charge is -2.26. The van der Waals surface area contributed by atoms with Gasteiger partial charge in [0.1, 0.15) is 11.2 Å². The third-order valence-electron chi connectivity index (χ3n) is 10.8. The van der Waals surface area contributed by atoms with Crippen LogP contribution in [-0.4, -0.2) is 15.0 Å². The summed E-state index contributed by atoms with van der Waals surface area (Å²) in [5, 5.41) is 2.14. The first kappa shape index (κ1) is 30.6. The number of aromatic nitrogens is 3. The Kier molecular flexibility index (Phi) is 6.49. The molecule has 0 spiro atoms. The minimum absolute atomic E-state index is 0.128. The maximum absolute atomic E-state index is 6.72. The molecule has 3 heterocycles. The van der Waals surface area contributed by atoms with Crippen LogP contribution in [0.4, 0.5) is 0 Å². The minimum Gasteiger partial charge on any atom is -0.456 e. The quantitative estimate of drug-likeness (QED) is 0.182. The smallest absolute Gasteiger partial charge is 0.178 e. The Morgan fingerprint density at radius 2 is 1.04 bits per heavy atom. The summed E-state index contributed by atoms with van der Waals surface area (Å²) in [7, 11) is 0. The molecule has 256 valence electrons. The summed E-state index contributed by atoms with van der Waals surface area (Å²) < 4.78 is 19.6. The Labute approximate surface area is 311 Å². The third-order valence-corrected chi connectivity index (χ3v) is 10.8. The van der Waals surface area contributed by atoms with Crippen LogP contribution in [0.3, 0.4) is 0 Å². The van der Waals surface area contributed by atoms with Crippen molar-refractivity contribution in [1.82, 2.24) is 15.0 Å². The van der Waals surface area contributed by atoms with Crippen molar-refractivity contribution in [3.05, 3.63) is 163 Å². The molecule has 0 amide bonds. The Morgan fingerprint density at radius 1 is 0.426 bits per heavy atom. The number of fused-ring (bicyclic) bond motifs is 9. The van der Waals surface area contributed by atoms with Crippen LogP contribution in [0.5, 0.6) is 23.0 Å². The number of benzene rings is 7. The van der Waals surface area contributed by atoms with Crippen LogP contribution in [0.2, 0.25) is 0 Å². The SMILES string of the molecule is CC1(C)c2ccccc2-c2c1ccc1c2Oc2cccc(-c3ccc(-c4nc(-c5ccccc5)nc(-c5ccc6c(c5)oc5ccccc56)n4)cc3)c2O1. The van der Waals surface area contributed by atoms with Crippen molar-refractivity contribution in [3.63, 3.8) is 0 Å². The van der Waals surface area contributed by atoms with Crippen molar-refractivity contribution in [3.8, 4) is 79.4 Å². The second kappa shape index (κ2) is 11.5. The Bertz CT molecular complexity index is 2970. The molecule has 2 aromatic heterocycles. The van der Waals surface area contributed by atoms with Gasteiger partial charge in [0, 0.05) is 44.0 Å². The predicted molar refractivity (Wildman–Crippen MR) is 213 cm³/mol. The molecule has 2 aliphatic rings. The van der Waals surface area contributed by atoms with E-state index in [0.717, 1.165) is 61.1 Å². The van der Waals surface area contributed by atoms with Crippen LogP contribution in [-0.2, 0) is 5.41 Å². The van der Waals surface area contributed by atoms with Gasteiger partial charge in [-0.25, -0.2) is 15.0 Å². The molecule has 9 aromatic rings. The zero-order valence-electron chi connectivity index (χ0n) is 29.5. The molecule has 1 aliphatic carbocycles. The van der Waals surface area contributed by atoms with Crippen LogP contribution in [0, 0.1) is 0 Å². The summed E-state index contributed by atoms with van der Waals surface area (Å²) in [4.78, 5) is 14.9. The van der Waals surface area contributed by atoms with Gasteiger partial charge in [0.15, 0.2) is 40.5 Å². The fraction of sp³-hybridized carbons (Fsp3) is 0.0625. The predicted octanol–water partition coefficient (Wildman–Crippen LogP) is 12.6. The number of ether oxygens (including phenoxy) is 2. The standard InChI is InChI=1S/C48H31N3O3/c1-48(2)36-16-8-6-14-35(36)42-37(48)25-26-40-44(42)54-39-18-10-15-32(43(39)53-40)28-19-21-30(22-20-28)46-49-45(29-11-4-3-5-12-29)50-47(51-46)31-23-24-34-33-13-7-9-17-38(33)52-41(34)27-31/h3-27H,1-2H3. The van der Waals surface area contributed by atoms with Gasteiger partial charge in [-0.05, 0) is 52.6 Å². The average molecular weight is 698 g/mol. The van der Waals surface area contributed by atoms with Crippen LogP contribution in [0.15, 0.2) is 156 Å². The van der Waals surface area contributed by atoms with Gasteiger partial charge in [-0.1, -0.05) is 135 Å². The lowest BCUT2D eigenvalue weighted by Crippen LogP contribution is -2.15. The molecule has 0 atom stereocenters. The number of para-hydroxylation sites is 2. The molecule has 0 unspecified atom stereocenters. The highest BCUT2D eigenvalue weighted by atomic mass is 16.6. The molecular weight excluding hydrogens is 667 g/mol. The average Bonchev–Trinajstić information content (AvgIpc) is 3.71. The van der Waals surface area contributed by atoms with E-state index in [4.69, 9.17) is 28.8 Å². The van der Waals surface area contributed by atoms with Crippen molar-refractivity contribution in [1.29, 1.82) is 0 Å². The molecule has 0 bridgehead atoms. The summed E-state index contributed by atoms with van der Waals surface area (Å²) in [5.41, 5.74) is 10.9. The summed E-state index contributed by atoms with van der Waals surface area (Å²) in [5.74, 6) is 4.62. The topological polar surface area (TPSA) is 70.3 Å². The number of nitrogens with zero attached hydrogens (tertiary/aromatic N) is 3. The number of hydrogen-bond acceptors (Lipinski definition) is 6. The molecule has 0 fully saturated rings. The third kappa shape index (κ3) is 4.63. The highest BCUT2D eigenvalue weighted by molar-refractivity contribution is 6.05. The molecule has 0 N–H and O–H groups in total. The Morgan fingerprint density at radius 3 is 1.87 bits per heavy atom. The van der Waals surface area contributed by atoms with Crippen LogP contribution < -0.4 is 9.47 Å². The Balaban J connectivity index is 0.966. The molecule has 0 saturated heterocycles. The molecule has 1 aliphatic heterocycles. The second-order valence-corrected chi connectivity index (χ2v) is 14.4. The fourth-order valence-electron chi connectivity index (χ4n) is 8.09. The zero-order valence-corrected chi connectivity index (χ0v) is 29.5. The highest BCUT2D eigenvalue weighted by Crippen LogP contribution is 2.59. The molecule has 11 rings (SSSR count). The van der Waals surface area contributed by atoms with Gasteiger partial charge in [-0.2, -0.15) is 0 Å². The van der Waals surface area contributed by atoms with Crippen molar-refractivity contribution in [2.75, 3.05) is 0 Å². The largest absolute Gasteiger partial charge is 0.456 e. The van der Waals surface area contributed by atoms with E-state index in [9.17, 15) is 0 Å². The highest BCUT2D eigenvalue weighted by Gasteiger charge is 2.39. The second-order valence-electron chi connectivity index (χ2n) is 14.4. The monoisotopic (exact) mass is 697 g/mol. The summed E-state index contributed by atoms with van der Waals surface area (Å²) in [6.45, 7) is 4.54. The van der Waals surface area contributed by atoms with Crippen LogP contribution in [0.1, 0.15) is 25.0 Å². The van der Waals surface area contributed by atoms with Crippen molar-refractivity contribution in [2.45, 2.75) is 19.3 Å². The van der Waals surface area contributed by atoms with E-state index >= 15 is 0 Å². The summed E-state index contributed by atoms with van der Waals surface area (Å²) in [6, 6.07) is 51.3. The van der Waals surface area contributed by atoms with Crippen LogP contribution in [0.25, 0.3) is 78.4 Å². The van der Waals surface area contributed by atoms with Crippen molar-refractivity contribution < 1.29 is 13.9 Å². The first-order chi connectivity index (χ1) is 26.5. The first-order valence-electron chi connectivity index (χ1n) is 18.1. The molecule has 6 nitrogen and oxygen atoms in total. The minimum atomic E-state index is -0.128. The number of rotatable bonds is 4. The molecule has 0 saturated carbocycles. The zero-order chi connectivity index (χ0) is 36.0. The van der Waals surface area contributed by atoms with Gasteiger partial charge < -0.3 is 13.9 Å². The number of furan rings is 1. The maximum atomic E-state index is 6.72. The molecule has 0 radical (unpaired) electrons. The summed E-state index contributed by atoms with van der Waals surface area (Å²) in [6.07, 6.45) is 0. The normalized spacial score (nSPS) is 13.4. The van der Waals surface area contributed by atoms with Gasteiger partial charge in [0.2, 0.25) is 0 Å². The van der Waals surface area contributed by atoms with E-state index in [-0.39, 0.29) is 5.41 Å². The van der Waals surface area contributed by atoms with Gasteiger partial charge in [-0.3, -0.25) is 0 Å². The lowest BCUT2D eigenvalue weighted by molar-refractivity contribution is 0.361. The number of hydrogen-bond donors (Lipinski definition) is 0. The van der Waals surface area contributed by atoms with Gasteiger partial charge in [-0.15, -0.1) is 0 Å². The Hall–Kier alpha value is -7.05. The van der Waals surface area contributed by atoms with E-state index in [1.165, 1.54) is 16.7 Å². The molecular formula is C48H31N3O3. The fourth-order valence-corrected chi connectivity index (χ4v) is 8.09. The lowest BCUT2D eigenvalue weighted by atomic mass is 9.82. The van der Waals surface area contributed by atoms with Gasteiger partial charge in [0.25, 0.3) is 0 Å². The van der Waals surface area contributed by atoms with E-state index < -0.39 is 0 Å². The van der Waals surface area contributed by atoms with Gasteiger partial charge in [0.05, 0.1) is 0 Å². The molecule has 7 aromatic carbocycles.